The zero-order valence-electron chi connectivity index (χ0n) is 17.8. The fraction of sp³-hybridized carbons (Fsp3) is 0.318. The number of rotatable bonds is 6. The maximum atomic E-state index is 12.8. The highest BCUT2D eigenvalue weighted by Gasteiger charge is 2.25. The van der Waals surface area contributed by atoms with Crippen molar-refractivity contribution in [2.24, 2.45) is 0 Å². The van der Waals surface area contributed by atoms with Crippen LogP contribution in [0.3, 0.4) is 0 Å². The molecule has 2 amide bonds. The van der Waals surface area contributed by atoms with Gasteiger partial charge in [0.25, 0.3) is 0 Å². The Hall–Kier alpha value is -3.40. The Morgan fingerprint density at radius 1 is 0.969 bits per heavy atom. The van der Waals surface area contributed by atoms with Gasteiger partial charge in [0, 0.05) is 49.8 Å². The summed E-state index contributed by atoms with van der Waals surface area (Å²) in [6.45, 7) is 4.06. The van der Waals surface area contributed by atoms with Crippen LogP contribution in [0.25, 0.3) is 17.1 Å². The Balaban J connectivity index is 1.45. The van der Waals surface area contributed by atoms with Crippen LogP contribution >= 0.6 is 11.8 Å². The lowest BCUT2D eigenvalue weighted by Crippen LogP contribution is -2.51. The second-order valence-corrected chi connectivity index (χ2v) is 8.01. The molecule has 9 nitrogen and oxygen atoms in total. The van der Waals surface area contributed by atoms with Crippen molar-refractivity contribution < 1.29 is 14.3 Å². The summed E-state index contributed by atoms with van der Waals surface area (Å²) in [6, 6.07) is 13.6. The van der Waals surface area contributed by atoms with Crippen molar-refractivity contribution >= 4 is 23.8 Å². The highest BCUT2D eigenvalue weighted by atomic mass is 32.2. The number of carbonyl (C=O) groups excluding carboxylic acids is 2. The first-order valence-corrected chi connectivity index (χ1v) is 11.4. The molecule has 1 aromatic carbocycles. The first-order chi connectivity index (χ1) is 15.7. The third kappa shape index (κ3) is 4.91. The lowest BCUT2D eigenvalue weighted by atomic mass is 10.2. The second kappa shape index (κ2) is 10.3. The summed E-state index contributed by atoms with van der Waals surface area (Å²) in [5.74, 6) is 0.934. The Labute approximate surface area is 190 Å². The number of carbonyl (C=O) groups is 2. The van der Waals surface area contributed by atoms with E-state index >= 15 is 0 Å². The average molecular weight is 453 g/mol. The van der Waals surface area contributed by atoms with Gasteiger partial charge in [0.2, 0.25) is 5.91 Å². The lowest BCUT2D eigenvalue weighted by molar-refractivity contribution is -0.129. The van der Waals surface area contributed by atoms with E-state index in [1.54, 1.807) is 29.1 Å². The van der Waals surface area contributed by atoms with Crippen LogP contribution in [0, 0.1) is 0 Å². The number of aromatic nitrogens is 4. The third-order valence-corrected chi connectivity index (χ3v) is 5.98. The van der Waals surface area contributed by atoms with Crippen LogP contribution in [0.15, 0.2) is 60.0 Å². The molecule has 10 heteroatoms. The summed E-state index contributed by atoms with van der Waals surface area (Å²) in [5.41, 5.74) is 1.81. The molecular weight excluding hydrogens is 428 g/mol. The number of pyridine rings is 1. The standard InChI is InChI=1S/C22H24N6O3S/c1-2-31-22(30)27-14-12-26(13-15-27)19(29)16-32-21-25-24-20(17-8-10-23-11-9-17)28(21)18-6-4-3-5-7-18/h3-11H,2,12-16H2,1H3. The molecule has 0 bridgehead atoms. The molecule has 1 fully saturated rings. The molecule has 32 heavy (non-hydrogen) atoms. The van der Waals surface area contributed by atoms with E-state index in [9.17, 15) is 9.59 Å². The maximum absolute atomic E-state index is 12.8. The average Bonchev–Trinajstić information content (AvgIpc) is 3.28. The van der Waals surface area contributed by atoms with E-state index < -0.39 is 0 Å². The molecular formula is C22H24N6O3S. The van der Waals surface area contributed by atoms with Gasteiger partial charge in [-0.25, -0.2) is 4.79 Å². The summed E-state index contributed by atoms with van der Waals surface area (Å²) in [6.07, 6.45) is 3.10. The van der Waals surface area contributed by atoms with Crippen LogP contribution in [0.5, 0.6) is 0 Å². The van der Waals surface area contributed by atoms with Gasteiger partial charge >= 0.3 is 6.09 Å². The number of piperazine rings is 1. The van der Waals surface area contributed by atoms with Gasteiger partial charge in [-0.2, -0.15) is 0 Å². The predicted octanol–water partition coefficient (Wildman–Crippen LogP) is 2.72. The molecule has 166 valence electrons. The molecule has 4 rings (SSSR count). The predicted molar refractivity (Wildman–Crippen MR) is 120 cm³/mol. The number of hydrogen-bond donors (Lipinski definition) is 0. The fourth-order valence-electron chi connectivity index (χ4n) is 3.43. The number of thioether (sulfide) groups is 1. The Morgan fingerprint density at radius 3 is 2.34 bits per heavy atom. The van der Waals surface area contributed by atoms with Crippen molar-refractivity contribution in [1.29, 1.82) is 0 Å². The number of nitrogens with zero attached hydrogens (tertiary/aromatic N) is 6. The number of para-hydroxylation sites is 1. The summed E-state index contributed by atoms with van der Waals surface area (Å²) in [5, 5.41) is 9.38. The van der Waals surface area contributed by atoms with Crippen molar-refractivity contribution in [2.75, 3.05) is 38.5 Å². The smallest absolute Gasteiger partial charge is 0.409 e. The van der Waals surface area contributed by atoms with Gasteiger partial charge in [-0.05, 0) is 31.2 Å². The van der Waals surface area contributed by atoms with Crippen LogP contribution in [-0.2, 0) is 9.53 Å². The highest BCUT2D eigenvalue weighted by Crippen LogP contribution is 2.27. The van der Waals surface area contributed by atoms with Crippen LogP contribution in [0.4, 0.5) is 4.79 Å². The van der Waals surface area contributed by atoms with Gasteiger partial charge in [-0.1, -0.05) is 30.0 Å². The normalized spacial score (nSPS) is 13.8. The molecule has 1 aliphatic rings. The van der Waals surface area contributed by atoms with Gasteiger partial charge in [0.05, 0.1) is 12.4 Å². The Kier molecular flexibility index (Phi) is 7.00. The SMILES string of the molecule is CCOC(=O)N1CCN(C(=O)CSc2nnc(-c3ccncc3)n2-c2ccccc2)CC1. The van der Waals surface area contributed by atoms with E-state index in [1.807, 2.05) is 47.0 Å². The maximum Gasteiger partial charge on any atom is 0.409 e. The van der Waals surface area contributed by atoms with Crippen molar-refractivity contribution in [1.82, 2.24) is 29.5 Å². The molecule has 0 unspecified atom stereocenters. The molecule has 0 N–H and O–H groups in total. The molecule has 1 saturated heterocycles. The van der Waals surface area contributed by atoms with Gasteiger partial charge in [-0.3, -0.25) is 14.3 Å². The topological polar surface area (TPSA) is 93.4 Å². The van der Waals surface area contributed by atoms with Crippen LogP contribution < -0.4 is 0 Å². The van der Waals surface area contributed by atoms with E-state index in [1.165, 1.54) is 11.8 Å². The summed E-state index contributed by atoms with van der Waals surface area (Å²) >= 11 is 1.35. The first-order valence-electron chi connectivity index (χ1n) is 10.4. The molecule has 0 radical (unpaired) electrons. The molecule has 1 aliphatic heterocycles. The number of benzene rings is 1. The van der Waals surface area contributed by atoms with E-state index in [4.69, 9.17) is 4.74 Å². The number of ether oxygens (including phenoxy) is 1. The lowest BCUT2D eigenvalue weighted by Gasteiger charge is -2.34. The van der Waals surface area contributed by atoms with Crippen molar-refractivity contribution in [2.45, 2.75) is 12.1 Å². The zero-order valence-corrected chi connectivity index (χ0v) is 18.6. The minimum absolute atomic E-state index is 0.00609. The number of hydrogen-bond acceptors (Lipinski definition) is 7. The zero-order chi connectivity index (χ0) is 22.3. The summed E-state index contributed by atoms with van der Waals surface area (Å²) in [4.78, 5) is 32.1. The van der Waals surface area contributed by atoms with Gasteiger partial charge in [-0.15, -0.1) is 10.2 Å². The highest BCUT2D eigenvalue weighted by molar-refractivity contribution is 7.99. The van der Waals surface area contributed by atoms with Gasteiger partial charge < -0.3 is 14.5 Å². The quantitative estimate of drug-likeness (QED) is 0.531. The van der Waals surface area contributed by atoms with E-state index in [0.29, 0.717) is 43.8 Å². The molecule has 0 atom stereocenters. The molecule has 0 saturated carbocycles. The van der Waals surface area contributed by atoms with Crippen LogP contribution in [0.2, 0.25) is 0 Å². The first kappa shape index (κ1) is 21.8. The molecule has 2 aromatic heterocycles. The monoisotopic (exact) mass is 452 g/mol. The number of amides is 2. The molecule has 3 aromatic rings. The molecule has 0 aliphatic carbocycles. The molecule has 0 spiro atoms. The largest absolute Gasteiger partial charge is 0.450 e. The van der Waals surface area contributed by atoms with E-state index in [0.717, 1.165) is 11.3 Å². The Morgan fingerprint density at radius 2 is 1.66 bits per heavy atom. The Bertz CT molecular complexity index is 1050. The van der Waals surface area contributed by atoms with E-state index in [-0.39, 0.29) is 17.8 Å². The van der Waals surface area contributed by atoms with Crippen LogP contribution in [-0.4, -0.2) is 80.1 Å². The molecule has 3 heterocycles. The minimum Gasteiger partial charge on any atom is -0.450 e. The fourth-order valence-corrected chi connectivity index (χ4v) is 4.29. The van der Waals surface area contributed by atoms with Crippen molar-refractivity contribution in [3.63, 3.8) is 0 Å². The van der Waals surface area contributed by atoms with Crippen LogP contribution in [0.1, 0.15) is 6.92 Å². The summed E-state index contributed by atoms with van der Waals surface area (Å²) < 4.78 is 6.98. The van der Waals surface area contributed by atoms with Crippen molar-refractivity contribution in [3.8, 4) is 17.1 Å². The summed E-state index contributed by atoms with van der Waals surface area (Å²) in [7, 11) is 0. The van der Waals surface area contributed by atoms with Gasteiger partial charge in [0.1, 0.15) is 0 Å². The third-order valence-electron chi connectivity index (χ3n) is 5.07. The van der Waals surface area contributed by atoms with Crippen molar-refractivity contribution in [3.05, 3.63) is 54.9 Å². The van der Waals surface area contributed by atoms with Gasteiger partial charge in [0.15, 0.2) is 11.0 Å². The second-order valence-electron chi connectivity index (χ2n) is 7.07. The van der Waals surface area contributed by atoms with E-state index in [2.05, 4.69) is 15.2 Å². The minimum atomic E-state index is -0.325.